The first-order valence-electron chi connectivity index (χ1n) is 16.3. The molecule has 0 fully saturated rings. The van der Waals surface area contributed by atoms with Crippen molar-refractivity contribution in [2.24, 2.45) is 5.73 Å². The fraction of sp³-hybridized carbons (Fsp3) is 0.385. The number of nitrogens with one attached hydrogen (secondary N) is 1. The van der Waals surface area contributed by atoms with Crippen LogP contribution in [0.5, 0.6) is 0 Å². The van der Waals surface area contributed by atoms with E-state index < -0.39 is 17.9 Å². The van der Waals surface area contributed by atoms with Crippen LogP contribution in [0.3, 0.4) is 0 Å². The summed E-state index contributed by atoms with van der Waals surface area (Å²) in [5.41, 5.74) is 11.1. The molecule has 7 heteroatoms. The highest BCUT2D eigenvalue weighted by atomic mass is 19.3. The van der Waals surface area contributed by atoms with Crippen molar-refractivity contribution in [3.63, 3.8) is 0 Å². The van der Waals surface area contributed by atoms with Gasteiger partial charge < -0.3 is 16.0 Å². The van der Waals surface area contributed by atoms with E-state index in [-0.39, 0.29) is 17.3 Å². The van der Waals surface area contributed by atoms with Crippen molar-refractivity contribution in [1.29, 1.82) is 0 Å². The third kappa shape index (κ3) is 12.6. The molecule has 1 radical (unpaired) electrons. The maximum Gasteiger partial charge on any atom is 0.270 e. The fourth-order valence-electron chi connectivity index (χ4n) is 5.23. The van der Waals surface area contributed by atoms with Crippen LogP contribution in [-0.2, 0) is 5.92 Å². The number of rotatable bonds is 15. The van der Waals surface area contributed by atoms with Crippen molar-refractivity contribution in [3.8, 4) is 0 Å². The van der Waals surface area contributed by atoms with Crippen molar-refractivity contribution < 1.29 is 13.2 Å². The van der Waals surface area contributed by atoms with Crippen LogP contribution < -0.4 is 16.5 Å². The van der Waals surface area contributed by atoms with Gasteiger partial charge in [-0.05, 0) is 66.5 Å². The minimum absolute atomic E-state index is 0.0646. The molecule has 3 atom stereocenters. The second-order valence-corrected chi connectivity index (χ2v) is 11.1. The number of nitrogens with two attached hydrogens (primary N) is 1. The molecule has 3 rings (SSSR count). The van der Waals surface area contributed by atoms with Gasteiger partial charge in [-0.1, -0.05) is 106 Å². The van der Waals surface area contributed by atoms with E-state index in [4.69, 9.17) is 5.73 Å². The zero-order chi connectivity index (χ0) is 34.7. The molecule has 0 saturated carbocycles. The van der Waals surface area contributed by atoms with E-state index in [1.807, 2.05) is 64.2 Å². The Kier molecular flexibility index (Phi) is 18.5. The predicted octanol–water partition coefficient (Wildman–Crippen LogP) is 9.08. The summed E-state index contributed by atoms with van der Waals surface area (Å²) >= 11 is 0. The van der Waals surface area contributed by atoms with Gasteiger partial charge in [0.25, 0.3) is 5.92 Å². The quantitative estimate of drug-likeness (QED) is 0.0998. The second-order valence-electron chi connectivity index (χ2n) is 11.1. The molecule has 3 nitrogen and oxygen atoms in total. The molecule has 3 N–H and O–H groups in total. The molecule has 0 aliphatic rings. The Morgan fingerprint density at radius 1 is 0.957 bits per heavy atom. The summed E-state index contributed by atoms with van der Waals surface area (Å²) in [6, 6.07) is 22.4. The number of halogens is 3. The molecular formula is C39H54BF3N3. The molecule has 0 spiro atoms. The van der Waals surface area contributed by atoms with Crippen molar-refractivity contribution in [3.05, 3.63) is 138 Å². The lowest BCUT2D eigenvalue weighted by Gasteiger charge is -2.36. The Bertz CT molecular complexity index is 1320. The van der Waals surface area contributed by atoms with Crippen LogP contribution in [0.25, 0.3) is 0 Å². The minimum Gasteiger partial charge on any atom is -0.391 e. The van der Waals surface area contributed by atoms with Crippen LogP contribution in [0.1, 0.15) is 82.9 Å². The van der Waals surface area contributed by atoms with Crippen LogP contribution in [0.4, 0.5) is 13.2 Å². The van der Waals surface area contributed by atoms with Gasteiger partial charge in [0.1, 0.15) is 5.82 Å². The Morgan fingerprint density at radius 2 is 1.59 bits per heavy atom. The average molecular weight is 633 g/mol. The van der Waals surface area contributed by atoms with Gasteiger partial charge in [0.15, 0.2) is 0 Å². The zero-order valence-corrected chi connectivity index (χ0v) is 28.9. The molecule has 249 valence electrons. The van der Waals surface area contributed by atoms with Crippen molar-refractivity contribution >= 4 is 12.7 Å². The smallest absolute Gasteiger partial charge is 0.270 e. The predicted molar refractivity (Wildman–Crippen MR) is 193 cm³/mol. The normalized spacial score (nSPS) is 13.3. The zero-order valence-electron chi connectivity index (χ0n) is 28.9. The first-order chi connectivity index (χ1) is 22.0. The number of allylic oxidation sites excluding steroid dienone is 1. The molecule has 0 aromatic heterocycles. The van der Waals surface area contributed by atoms with Crippen LogP contribution in [0.15, 0.2) is 115 Å². The topological polar surface area (TPSA) is 41.3 Å². The van der Waals surface area contributed by atoms with Crippen LogP contribution in [0.2, 0.25) is 0 Å². The first kappa shape index (κ1) is 40.3. The molecule has 0 amide bonds. The van der Waals surface area contributed by atoms with Gasteiger partial charge in [-0.15, -0.1) is 6.58 Å². The van der Waals surface area contributed by atoms with Crippen LogP contribution >= 0.6 is 0 Å². The molecule has 0 saturated heterocycles. The van der Waals surface area contributed by atoms with Gasteiger partial charge in [-0.2, -0.15) is 0 Å². The van der Waals surface area contributed by atoms with Gasteiger partial charge >= 0.3 is 0 Å². The van der Waals surface area contributed by atoms with Crippen molar-refractivity contribution in [1.82, 2.24) is 10.2 Å². The number of alkyl halides is 2. The Hall–Kier alpha value is -3.71. The SMILES string of the molecule is C=CC(c1cccc(C(C)(F)F)c1)C(/C(=C(/[B]c1ccccc1)N(C)CCC)C(C)N)c1ccc(F)cc1.C=CNCCC.CC. The summed E-state index contributed by atoms with van der Waals surface area (Å²) in [4.78, 5) is 2.18. The van der Waals surface area contributed by atoms with E-state index in [1.165, 1.54) is 30.7 Å². The molecule has 3 aromatic rings. The second kappa shape index (κ2) is 21.2. The molecule has 0 aliphatic heterocycles. The number of nitrogens with zero attached hydrogens (tertiary/aromatic N) is 1. The molecule has 0 heterocycles. The highest BCUT2D eigenvalue weighted by Gasteiger charge is 2.33. The summed E-state index contributed by atoms with van der Waals surface area (Å²) in [6.45, 7) is 20.5. The maximum absolute atomic E-state index is 14.3. The highest BCUT2D eigenvalue weighted by molar-refractivity contribution is 6.60. The third-order valence-corrected chi connectivity index (χ3v) is 7.35. The summed E-state index contributed by atoms with van der Waals surface area (Å²) in [7, 11) is 4.14. The van der Waals surface area contributed by atoms with E-state index in [1.54, 1.807) is 30.5 Å². The first-order valence-corrected chi connectivity index (χ1v) is 16.3. The Balaban J connectivity index is 0.00000118. The maximum atomic E-state index is 14.3. The highest BCUT2D eigenvalue weighted by Crippen LogP contribution is 2.43. The van der Waals surface area contributed by atoms with Gasteiger partial charge in [-0.25, -0.2) is 13.2 Å². The van der Waals surface area contributed by atoms with E-state index >= 15 is 0 Å². The lowest BCUT2D eigenvalue weighted by atomic mass is 9.61. The molecule has 3 unspecified atom stereocenters. The molecule has 0 bridgehead atoms. The van der Waals surface area contributed by atoms with E-state index in [2.05, 4.69) is 44.5 Å². The lowest BCUT2D eigenvalue weighted by molar-refractivity contribution is 0.0174. The van der Waals surface area contributed by atoms with Gasteiger partial charge in [0, 0.05) is 50.5 Å². The van der Waals surface area contributed by atoms with Gasteiger partial charge in [0.2, 0.25) is 7.28 Å². The third-order valence-electron chi connectivity index (χ3n) is 7.35. The monoisotopic (exact) mass is 632 g/mol. The summed E-state index contributed by atoms with van der Waals surface area (Å²) < 4.78 is 42.6. The molecule has 3 aromatic carbocycles. The molecule has 0 aliphatic carbocycles. The summed E-state index contributed by atoms with van der Waals surface area (Å²) in [5, 5.41) is 2.96. The van der Waals surface area contributed by atoms with Crippen molar-refractivity contribution in [2.75, 3.05) is 20.1 Å². The minimum atomic E-state index is -2.99. The number of benzene rings is 3. The molecular weight excluding hydrogens is 578 g/mol. The summed E-state index contributed by atoms with van der Waals surface area (Å²) in [5.74, 6) is -4.10. The standard InChI is InChI=1S/C32H37BF3N2.C5H11N.C2H6/c1-6-20-38(5)31(33-26-14-9-8-10-15-26)29(22(3)37)30(23-16-18-27(34)19-17-23)28(7-2)24-12-11-13-25(21-24)32(4,35)36;1-3-5-6-4-2;1-2/h7-19,21-22,28,30H,2,6,20,37H2,1,3-5H3;4,6H,2-3,5H2,1H3;1-2H3/b31-29-;;. The fourth-order valence-corrected chi connectivity index (χ4v) is 5.23. The van der Waals surface area contributed by atoms with Crippen LogP contribution in [0, 0.1) is 5.82 Å². The van der Waals surface area contributed by atoms with E-state index in [0.29, 0.717) is 5.56 Å². The Morgan fingerprint density at radius 3 is 2.07 bits per heavy atom. The van der Waals surface area contributed by atoms with Gasteiger partial charge in [-0.3, -0.25) is 0 Å². The van der Waals surface area contributed by atoms with Crippen LogP contribution in [-0.4, -0.2) is 38.4 Å². The lowest BCUT2D eigenvalue weighted by Crippen LogP contribution is -2.36. The number of hydrogen-bond acceptors (Lipinski definition) is 3. The largest absolute Gasteiger partial charge is 0.391 e. The summed E-state index contributed by atoms with van der Waals surface area (Å²) in [6.07, 6.45) is 5.59. The molecule has 46 heavy (non-hydrogen) atoms. The van der Waals surface area contributed by atoms with Gasteiger partial charge in [0.05, 0.1) is 0 Å². The Labute approximate surface area is 277 Å². The van der Waals surface area contributed by atoms with E-state index in [9.17, 15) is 13.2 Å². The van der Waals surface area contributed by atoms with E-state index in [0.717, 1.165) is 48.6 Å². The average Bonchev–Trinajstić information content (AvgIpc) is 3.05. The van der Waals surface area contributed by atoms with Crippen molar-refractivity contribution in [2.45, 2.75) is 78.2 Å². The number of hydrogen-bond donors (Lipinski definition) is 2.